The average Bonchev–Trinajstić information content (AvgIpc) is 2.78. The fourth-order valence-corrected chi connectivity index (χ4v) is 5.56. The van der Waals surface area contributed by atoms with Crippen molar-refractivity contribution in [2.24, 2.45) is 11.8 Å². The van der Waals surface area contributed by atoms with Gasteiger partial charge in [0.2, 0.25) is 0 Å². The van der Waals surface area contributed by atoms with Crippen LogP contribution in [0.25, 0.3) is 0 Å². The smallest absolute Gasteiger partial charge is 0.0737 e. The molecule has 2 N–H and O–H groups in total. The number of benzene rings is 2. The molecule has 1 aliphatic heterocycles. The van der Waals surface area contributed by atoms with E-state index in [0.717, 1.165) is 25.7 Å². The zero-order valence-electron chi connectivity index (χ0n) is 19.2. The summed E-state index contributed by atoms with van der Waals surface area (Å²) in [5, 5.41) is 16.3. The molecule has 2 aromatic rings. The van der Waals surface area contributed by atoms with Gasteiger partial charge in [-0.1, -0.05) is 120 Å². The van der Waals surface area contributed by atoms with E-state index < -0.39 is 5.60 Å². The fourth-order valence-electron chi connectivity index (χ4n) is 5.56. The summed E-state index contributed by atoms with van der Waals surface area (Å²) >= 11 is 0. The van der Waals surface area contributed by atoms with Crippen LogP contribution in [0.3, 0.4) is 0 Å². The van der Waals surface area contributed by atoms with E-state index in [0.29, 0.717) is 0 Å². The third-order valence-corrected chi connectivity index (χ3v) is 7.29. The first kappa shape index (κ1) is 23.0. The van der Waals surface area contributed by atoms with Crippen molar-refractivity contribution in [1.29, 1.82) is 0 Å². The number of hydrogen-bond acceptors (Lipinski definition) is 2. The van der Waals surface area contributed by atoms with Crippen LogP contribution in [0.15, 0.2) is 60.7 Å². The summed E-state index contributed by atoms with van der Waals surface area (Å²) in [5.41, 5.74) is 1.92. The summed E-state index contributed by atoms with van der Waals surface area (Å²) in [6, 6.07) is 21.8. The maximum atomic E-state index is 12.3. The second-order valence-corrected chi connectivity index (χ2v) is 9.28. The molecular weight excluding hydrogens is 366 g/mol. The molecule has 0 spiro atoms. The van der Waals surface area contributed by atoms with E-state index in [-0.39, 0.29) is 23.9 Å². The largest absolute Gasteiger partial charge is 0.389 e. The molecule has 0 unspecified atom stereocenters. The van der Waals surface area contributed by atoms with Gasteiger partial charge in [-0.15, -0.1) is 0 Å². The second-order valence-electron chi connectivity index (χ2n) is 9.28. The van der Waals surface area contributed by atoms with Gasteiger partial charge in [0.05, 0.1) is 5.60 Å². The molecular formula is C28H41NO. The number of unbranched alkanes of at least 4 members (excludes halogenated alkanes) is 4. The van der Waals surface area contributed by atoms with Gasteiger partial charge < -0.3 is 10.4 Å². The Morgan fingerprint density at radius 2 is 1.33 bits per heavy atom. The van der Waals surface area contributed by atoms with E-state index >= 15 is 0 Å². The van der Waals surface area contributed by atoms with Crippen molar-refractivity contribution in [3.05, 3.63) is 71.8 Å². The highest BCUT2D eigenvalue weighted by atomic mass is 16.3. The van der Waals surface area contributed by atoms with Crippen molar-refractivity contribution >= 4 is 0 Å². The van der Waals surface area contributed by atoms with Gasteiger partial charge in [-0.05, 0) is 24.0 Å². The molecule has 0 bridgehead atoms. The monoisotopic (exact) mass is 407 g/mol. The lowest BCUT2D eigenvalue weighted by Gasteiger charge is -2.53. The minimum atomic E-state index is -0.658. The highest BCUT2D eigenvalue weighted by Gasteiger charge is 2.52. The Hall–Kier alpha value is -1.64. The van der Waals surface area contributed by atoms with Gasteiger partial charge in [-0.25, -0.2) is 0 Å². The number of rotatable bonds is 10. The SMILES string of the molecule is CCCCCCC[C@]1(O)[C@H](C)[C@H](c2ccccc2)N[C@H](c2ccccc2)[C@H]1CCC. The van der Waals surface area contributed by atoms with Crippen molar-refractivity contribution in [1.82, 2.24) is 5.32 Å². The Bertz CT molecular complexity index is 731. The summed E-state index contributed by atoms with van der Waals surface area (Å²) in [4.78, 5) is 0. The lowest BCUT2D eigenvalue weighted by Crippen LogP contribution is -2.58. The van der Waals surface area contributed by atoms with E-state index in [1.54, 1.807) is 0 Å². The molecule has 2 aromatic carbocycles. The number of nitrogens with one attached hydrogen (secondary N) is 1. The fraction of sp³-hybridized carbons (Fsp3) is 0.571. The summed E-state index contributed by atoms with van der Waals surface area (Å²) in [5.74, 6) is 0.397. The van der Waals surface area contributed by atoms with Crippen LogP contribution in [0.2, 0.25) is 0 Å². The summed E-state index contributed by atoms with van der Waals surface area (Å²) in [6.07, 6.45) is 9.22. The van der Waals surface area contributed by atoms with E-state index in [2.05, 4.69) is 86.8 Å². The zero-order chi connectivity index (χ0) is 21.4. The van der Waals surface area contributed by atoms with Gasteiger partial charge in [-0.2, -0.15) is 0 Å². The molecule has 1 heterocycles. The Balaban J connectivity index is 1.94. The molecule has 0 aliphatic carbocycles. The Kier molecular flexibility index (Phi) is 8.53. The van der Waals surface area contributed by atoms with Crippen LogP contribution in [0.5, 0.6) is 0 Å². The van der Waals surface area contributed by atoms with E-state index in [4.69, 9.17) is 0 Å². The molecule has 5 atom stereocenters. The quantitative estimate of drug-likeness (QED) is 0.408. The molecule has 1 fully saturated rings. The number of aliphatic hydroxyl groups is 1. The van der Waals surface area contributed by atoms with Gasteiger partial charge in [0, 0.05) is 23.9 Å². The van der Waals surface area contributed by atoms with Crippen molar-refractivity contribution < 1.29 is 5.11 Å². The van der Waals surface area contributed by atoms with Gasteiger partial charge >= 0.3 is 0 Å². The van der Waals surface area contributed by atoms with Crippen LogP contribution in [0.4, 0.5) is 0 Å². The molecule has 0 radical (unpaired) electrons. The standard InChI is InChI=1S/C28H41NO/c1-4-6-7-8-15-21-28(30)22(3)26(23-17-11-9-12-18-23)29-27(25(28)16-5-2)24-19-13-10-14-20-24/h9-14,17-20,22,25-27,29-30H,4-8,15-16,21H2,1-3H3/t22-,25-,26-,27-,28+/m1/s1. The van der Waals surface area contributed by atoms with E-state index in [9.17, 15) is 5.11 Å². The van der Waals surface area contributed by atoms with Crippen LogP contribution in [0, 0.1) is 11.8 Å². The molecule has 1 saturated heterocycles. The highest BCUT2D eigenvalue weighted by Crippen LogP contribution is 2.50. The van der Waals surface area contributed by atoms with Crippen LogP contribution in [0.1, 0.15) is 95.3 Å². The Labute approximate surface area is 184 Å². The predicted molar refractivity (Wildman–Crippen MR) is 127 cm³/mol. The lowest BCUT2D eigenvalue weighted by molar-refractivity contribution is -0.126. The maximum absolute atomic E-state index is 12.3. The molecule has 30 heavy (non-hydrogen) atoms. The van der Waals surface area contributed by atoms with Crippen LogP contribution < -0.4 is 5.32 Å². The van der Waals surface area contributed by atoms with Gasteiger partial charge in [0.25, 0.3) is 0 Å². The van der Waals surface area contributed by atoms with Gasteiger partial charge in [-0.3, -0.25) is 0 Å². The minimum absolute atomic E-state index is 0.158. The first-order chi connectivity index (χ1) is 14.6. The molecule has 0 amide bonds. The second kappa shape index (κ2) is 11.1. The third kappa shape index (κ3) is 5.15. The molecule has 3 rings (SSSR count). The number of hydrogen-bond donors (Lipinski definition) is 2. The molecule has 2 heteroatoms. The molecule has 164 valence electrons. The summed E-state index contributed by atoms with van der Waals surface area (Å²) in [7, 11) is 0. The van der Waals surface area contributed by atoms with Crippen molar-refractivity contribution in [3.63, 3.8) is 0 Å². The zero-order valence-corrected chi connectivity index (χ0v) is 19.2. The van der Waals surface area contributed by atoms with Crippen molar-refractivity contribution in [2.75, 3.05) is 0 Å². The van der Waals surface area contributed by atoms with Crippen molar-refractivity contribution in [3.8, 4) is 0 Å². The van der Waals surface area contributed by atoms with Crippen LogP contribution >= 0.6 is 0 Å². The van der Waals surface area contributed by atoms with Gasteiger partial charge in [0.15, 0.2) is 0 Å². The summed E-state index contributed by atoms with van der Waals surface area (Å²) in [6.45, 7) is 6.77. The molecule has 1 aliphatic rings. The maximum Gasteiger partial charge on any atom is 0.0737 e. The topological polar surface area (TPSA) is 32.3 Å². The average molecular weight is 408 g/mol. The first-order valence-corrected chi connectivity index (χ1v) is 12.2. The van der Waals surface area contributed by atoms with Gasteiger partial charge in [0.1, 0.15) is 0 Å². The number of piperidine rings is 1. The minimum Gasteiger partial charge on any atom is -0.389 e. The molecule has 0 saturated carbocycles. The van der Waals surface area contributed by atoms with Crippen molar-refractivity contribution in [2.45, 2.75) is 89.8 Å². The Morgan fingerprint density at radius 3 is 1.90 bits per heavy atom. The lowest BCUT2D eigenvalue weighted by atomic mass is 9.62. The van der Waals surface area contributed by atoms with E-state index in [1.165, 1.54) is 36.8 Å². The predicted octanol–water partition coefficient (Wildman–Crippen LogP) is 7.22. The highest BCUT2D eigenvalue weighted by molar-refractivity contribution is 5.28. The Morgan fingerprint density at radius 1 is 0.767 bits per heavy atom. The molecule has 2 nitrogen and oxygen atoms in total. The van der Waals surface area contributed by atoms with E-state index in [1.807, 2.05) is 0 Å². The third-order valence-electron chi connectivity index (χ3n) is 7.29. The summed E-state index contributed by atoms with van der Waals surface area (Å²) < 4.78 is 0. The normalized spacial score (nSPS) is 29.1. The van der Waals surface area contributed by atoms with Crippen LogP contribution in [-0.4, -0.2) is 10.7 Å². The molecule has 0 aromatic heterocycles. The first-order valence-electron chi connectivity index (χ1n) is 12.2. The van der Waals surface area contributed by atoms with Crippen LogP contribution in [-0.2, 0) is 0 Å².